The van der Waals surface area contributed by atoms with Gasteiger partial charge in [-0.15, -0.1) is 0 Å². The highest BCUT2D eigenvalue weighted by Gasteiger charge is 2.44. The minimum atomic E-state index is -0.790. The van der Waals surface area contributed by atoms with Crippen LogP contribution < -0.4 is 15.1 Å². The molecule has 6 aliphatic rings. The van der Waals surface area contributed by atoms with E-state index in [4.69, 9.17) is 4.74 Å². The average molecular weight is 762 g/mol. The van der Waals surface area contributed by atoms with Crippen molar-refractivity contribution in [2.24, 2.45) is 0 Å². The molecule has 3 amide bonds. The number of carbonyl (C=O) groups excluding carboxylic acids is 3. The van der Waals surface area contributed by atoms with Gasteiger partial charge < -0.3 is 24.8 Å². The van der Waals surface area contributed by atoms with E-state index >= 15 is 0 Å². The van der Waals surface area contributed by atoms with Crippen molar-refractivity contribution in [1.82, 2.24) is 24.9 Å². The van der Waals surface area contributed by atoms with Crippen LogP contribution in [0.3, 0.4) is 0 Å². The SMILES string of the molecule is C=C1CCC(N2C(=O)c3ccc(N4CCN(CCN5CCC(OC6CN(CCCN7c8ccccc8Sc8ccccc87)C6)CC5)CC4)cc3C2=O)C(=O)N1. The molecule has 0 radical (unpaired) electrons. The second kappa shape index (κ2) is 15.7. The molecule has 0 bridgehead atoms. The van der Waals surface area contributed by atoms with Crippen LogP contribution in [0, 0.1) is 0 Å². The number of rotatable bonds is 11. The Morgan fingerprint density at radius 1 is 0.691 bits per heavy atom. The first-order chi connectivity index (χ1) is 26.9. The van der Waals surface area contributed by atoms with E-state index in [0.717, 1.165) is 108 Å². The molecule has 1 N–H and O–H groups in total. The van der Waals surface area contributed by atoms with Crippen molar-refractivity contribution in [3.05, 3.63) is 90.1 Å². The first-order valence-corrected chi connectivity index (χ1v) is 20.9. The highest BCUT2D eigenvalue weighted by Crippen LogP contribution is 2.47. The highest BCUT2D eigenvalue weighted by molar-refractivity contribution is 7.99. The molecule has 1 atom stereocenters. The van der Waals surface area contributed by atoms with Crippen LogP contribution in [0.25, 0.3) is 0 Å². The molecule has 6 heterocycles. The number of carbonyl (C=O) groups is 3. The van der Waals surface area contributed by atoms with Crippen molar-refractivity contribution in [2.75, 3.05) is 88.3 Å². The number of hydrogen-bond acceptors (Lipinski definition) is 10. The molecule has 55 heavy (non-hydrogen) atoms. The lowest BCUT2D eigenvalue weighted by Gasteiger charge is -2.43. The van der Waals surface area contributed by atoms with Crippen molar-refractivity contribution in [3.63, 3.8) is 0 Å². The van der Waals surface area contributed by atoms with Crippen LogP contribution in [0.4, 0.5) is 17.1 Å². The largest absolute Gasteiger partial charge is 0.372 e. The lowest BCUT2D eigenvalue weighted by atomic mass is 10.0. The highest BCUT2D eigenvalue weighted by atomic mass is 32.2. The Balaban J connectivity index is 0.665. The normalized spacial score (nSPS) is 22.8. The number of nitrogens with one attached hydrogen (secondary N) is 1. The number of nitrogens with zero attached hydrogens (tertiary/aromatic N) is 6. The molecule has 12 heteroatoms. The first kappa shape index (κ1) is 36.4. The third kappa shape index (κ3) is 7.55. The van der Waals surface area contributed by atoms with Gasteiger partial charge in [-0.2, -0.15) is 0 Å². The molecular weight excluding hydrogens is 711 g/mol. The van der Waals surface area contributed by atoms with Gasteiger partial charge in [-0.1, -0.05) is 42.6 Å². The topological polar surface area (TPSA) is 91.9 Å². The fourth-order valence-electron chi connectivity index (χ4n) is 9.05. The molecule has 0 aromatic heterocycles. The van der Waals surface area contributed by atoms with Crippen LogP contribution >= 0.6 is 11.8 Å². The monoisotopic (exact) mass is 761 g/mol. The van der Waals surface area contributed by atoms with E-state index < -0.39 is 6.04 Å². The standard InChI is InChI=1S/C43H51N7O4S/c1-30-11-14-38(41(51)44-30)50-42(52)34-13-12-31(27-35(34)43(50)53)48-25-23-46(24-26-48)22-21-45-19-15-32(16-20-45)54-33-28-47(29-33)17-6-18-49-36-7-2-4-9-39(36)55-40-10-5-3-8-37(40)49/h2-5,7-10,12-13,27,32-33,38H,1,6,11,14-26,28-29H2,(H,44,51). The second-order valence-corrected chi connectivity index (χ2v) is 16.9. The van der Waals surface area contributed by atoms with Crippen LogP contribution in [-0.2, 0) is 9.53 Å². The summed E-state index contributed by atoms with van der Waals surface area (Å²) in [5.74, 6) is -1.11. The number of amides is 3. The smallest absolute Gasteiger partial charge is 0.262 e. The molecule has 4 saturated heterocycles. The van der Waals surface area contributed by atoms with E-state index in [9.17, 15) is 14.4 Å². The van der Waals surface area contributed by atoms with Gasteiger partial charge in [0.25, 0.3) is 11.8 Å². The summed E-state index contributed by atoms with van der Waals surface area (Å²) in [6.07, 6.45) is 5.03. The van der Waals surface area contributed by atoms with Crippen molar-refractivity contribution in [2.45, 2.75) is 60.1 Å². The van der Waals surface area contributed by atoms with Gasteiger partial charge in [0.1, 0.15) is 6.04 Å². The molecule has 4 fully saturated rings. The van der Waals surface area contributed by atoms with E-state index in [1.54, 1.807) is 6.07 Å². The summed E-state index contributed by atoms with van der Waals surface area (Å²) >= 11 is 1.87. The van der Waals surface area contributed by atoms with Gasteiger partial charge in [-0.05, 0) is 74.6 Å². The number of imide groups is 1. The van der Waals surface area contributed by atoms with Crippen molar-refractivity contribution >= 4 is 46.5 Å². The maximum Gasteiger partial charge on any atom is 0.262 e. The third-order valence-corrected chi connectivity index (χ3v) is 13.4. The summed E-state index contributed by atoms with van der Waals surface area (Å²) in [5, 5.41) is 2.70. The maximum atomic E-state index is 13.4. The summed E-state index contributed by atoms with van der Waals surface area (Å²) in [5.41, 5.74) is 5.00. The number of ether oxygens (including phenoxy) is 1. The van der Waals surface area contributed by atoms with Gasteiger partial charge in [0.05, 0.1) is 34.7 Å². The fraction of sp³-hybridized carbons (Fsp3) is 0.465. The summed E-state index contributed by atoms with van der Waals surface area (Å²) in [6.45, 7) is 16.0. The molecular formula is C43H51N7O4S. The zero-order valence-corrected chi connectivity index (χ0v) is 32.4. The third-order valence-electron chi connectivity index (χ3n) is 12.2. The summed E-state index contributed by atoms with van der Waals surface area (Å²) < 4.78 is 6.57. The van der Waals surface area contributed by atoms with E-state index in [2.05, 4.69) is 84.9 Å². The predicted octanol–water partition coefficient (Wildman–Crippen LogP) is 5.06. The van der Waals surface area contributed by atoms with Gasteiger partial charge >= 0.3 is 0 Å². The van der Waals surface area contributed by atoms with Crippen LogP contribution in [-0.4, -0.2) is 134 Å². The Morgan fingerprint density at radius 3 is 2.04 bits per heavy atom. The Hall–Kier alpha value is -4.20. The van der Waals surface area contributed by atoms with Crippen LogP contribution in [0.15, 0.2) is 88.8 Å². The summed E-state index contributed by atoms with van der Waals surface area (Å²) in [6, 6.07) is 22.3. The lowest BCUT2D eigenvalue weighted by molar-refractivity contribution is -0.125. The van der Waals surface area contributed by atoms with Gasteiger partial charge in [-0.25, -0.2) is 0 Å². The predicted molar refractivity (Wildman–Crippen MR) is 215 cm³/mol. The average Bonchev–Trinajstić information content (AvgIpc) is 3.44. The zero-order chi connectivity index (χ0) is 37.5. The lowest BCUT2D eigenvalue weighted by Crippen LogP contribution is -2.54. The molecule has 288 valence electrons. The molecule has 3 aromatic rings. The van der Waals surface area contributed by atoms with Crippen molar-refractivity contribution in [3.8, 4) is 0 Å². The number of piperazine rings is 1. The molecule has 0 aliphatic carbocycles. The van der Waals surface area contributed by atoms with Crippen molar-refractivity contribution < 1.29 is 19.1 Å². The van der Waals surface area contributed by atoms with Gasteiger partial charge in [0.2, 0.25) is 5.91 Å². The van der Waals surface area contributed by atoms with Gasteiger partial charge in [0, 0.05) is 99.7 Å². The molecule has 1 unspecified atom stereocenters. The number of piperidine rings is 2. The number of para-hydroxylation sites is 2. The Labute approximate surface area is 328 Å². The van der Waals surface area contributed by atoms with Crippen molar-refractivity contribution in [1.29, 1.82) is 0 Å². The Kier molecular flexibility index (Phi) is 10.4. The van der Waals surface area contributed by atoms with Crippen LogP contribution in [0.5, 0.6) is 0 Å². The summed E-state index contributed by atoms with van der Waals surface area (Å²) in [4.78, 5) is 55.4. The minimum absolute atomic E-state index is 0.339. The number of fused-ring (bicyclic) bond motifs is 3. The fourth-order valence-corrected chi connectivity index (χ4v) is 10.2. The maximum absolute atomic E-state index is 13.4. The van der Waals surface area contributed by atoms with Crippen LogP contribution in [0.2, 0.25) is 0 Å². The molecule has 3 aromatic carbocycles. The number of allylic oxidation sites excluding steroid dienone is 1. The number of anilines is 3. The molecule has 6 aliphatic heterocycles. The molecule has 9 rings (SSSR count). The number of hydrogen-bond donors (Lipinski definition) is 1. The van der Waals surface area contributed by atoms with Crippen LogP contribution in [0.1, 0.15) is 52.8 Å². The van der Waals surface area contributed by atoms with E-state index in [1.807, 2.05) is 23.9 Å². The Morgan fingerprint density at radius 2 is 1.35 bits per heavy atom. The van der Waals surface area contributed by atoms with E-state index in [-0.39, 0.29) is 17.7 Å². The van der Waals surface area contributed by atoms with E-state index in [0.29, 0.717) is 41.9 Å². The quantitative estimate of drug-likeness (QED) is 0.268. The molecule has 0 saturated carbocycles. The molecule has 0 spiro atoms. The van der Waals surface area contributed by atoms with Gasteiger partial charge in [-0.3, -0.25) is 29.1 Å². The van der Waals surface area contributed by atoms with Gasteiger partial charge in [0.15, 0.2) is 0 Å². The molecule has 11 nitrogen and oxygen atoms in total. The van der Waals surface area contributed by atoms with E-state index in [1.165, 1.54) is 21.2 Å². The first-order valence-electron chi connectivity index (χ1n) is 20.1. The minimum Gasteiger partial charge on any atom is -0.372 e. The second-order valence-electron chi connectivity index (χ2n) is 15.8. The number of likely N-dealkylation sites (tertiary alicyclic amines) is 2. The zero-order valence-electron chi connectivity index (χ0n) is 31.5. The number of benzene rings is 3. The summed E-state index contributed by atoms with van der Waals surface area (Å²) in [7, 11) is 0. The Bertz CT molecular complexity index is 1910.